The maximum absolute atomic E-state index is 12.9. The fourth-order valence-electron chi connectivity index (χ4n) is 4.19. The van der Waals surface area contributed by atoms with Gasteiger partial charge in [0, 0.05) is 37.0 Å². The summed E-state index contributed by atoms with van der Waals surface area (Å²) in [6, 6.07) is 31.0. The van der Waals surface area contributed by atoms with E-state index in [-0.39, 0.29) is 5.91 Å². The average Bonchev–Trinajstić information content (AvgIpc) is 3.33. The quantitative estimate of drug-likeness (QED) is 0.290. The van der Waals surface area contributed by atoms with Crippen LogP contribution in [0.25, 0.3) is 16.9 Å². The van der Waals surface area contributed by atoms with Crippen molar-refractivity contribution in [1.29, 1.82) is 5.26 Å². The lowest BCUT2D eigenvalue weighted by Gasteiger charge is -2.10. The molecule has 0 aliphatic carbocycles. The molecule has 182 valence electrons. The summed E-state index contributed by atoms with van der Waals surface area (Å²) >= 11 is 0. The minimum Gasteiger partial charge on any atom is -0.365 e. The molecule has 4 N–H and O–H groups in total. The third-order valence-corrected chi connectivity index (χ3v) is 6.16. The number of nitriles is 1. The van der Waals surface area contributed by atoms with Crippen LogP contribution in [-0.2, 0) is 19.6 Å². The molecule has 0 atom stereocenters. The van der Waals surface area contributed by atoms with Gasteiger partial charge >= 0.3 is 0 Å². The van der Waals surface area contributed by atoms with E-state index >= 15 is 0 Å². The molecule has 5 rings (SSSR count). The second-order valence-electron chi connectivity index (χ2n) is 8.69. The Morgan fingerprint density at radius 2 is 1.65 bits per heavy atom. The van der Waals surface area contributed by atoms with E-state index < -0.39 is 0 Å². The van der Waals surface area contributed by atoms with Crippen LogP contribution in [0.5, 0.6) is 0 Å². The van der Waals surface area contributed by atoms with Crippen LogP contribution < -0.4 is 16.4 Å². The molecule has 37 heavy (non-hydrogen) atoms. The zero-order valence-electron chi connectivity index (χ0n) is 20.2. The van der Waals surface area contributed by atoms with E-state index in [2.05, 4.69) is 28.8 Å². The first-order valence-corrected chi connectivity index (χ1v) is 12.0. The number of amides is 1. The molecule has 0 unspecified atom stereocenters. The number of hydrogen-bond donors (Lipinski definition) is 3. The number of carbonyl (C=O) groups excluding carboxylic acids is 1. The minimum atomic E-state index is -0.178. The van der Waals surface area contributed by atoms with E-state index in [0.717, 1.165) is 33.8 Å². The van der Waals surface area contributed by atoms with E-state index in [0.29, 0.717) is 36.4 Å². The summed E-state index contributed by atoms with van der Waals surface area (Å²) in [5.41, 5.74) is 12.3. The van der Waals surface area contributed by atoms with E-state index in [1.165, 1.54) is 0 Å². The number of fused-ring (bicyclic) bond motifs is 1. The Morgan fingerprint density at radius 1 is 0.892 bits per heavy atom. The highest BCUT2D eigenvalue weighted by Gasteiger charge is 2.16. The Morgan fingerprint density at radius 3 is 2.41 bits per heavy atom. The van der Waals surface area contributed by atoms with Gasteiger partial charge in [-0.1, -0.05) is 66.7 Å². The van der Waals surface area contributed by atoms with Crippen molar-refractivity contribution < 1.29 is 4.79 Å². The molecule has 0 spiro atoms. The first-order valence-electron chi connectivity index (χ1n) is 12.0. The van der Waals surface area contributed by atoms with Gasteiger partial charge in [-0.3, -0.25) is 9.20 Å². The van der Waals surface area contributed by atoms with E-state index in [9.17, 15) is 10.1 Å². The lowest BCUT2D eigenvalue weighted by atomic mass is 10.1. The highest BCUT2D eigenvalue weighted by atomic mass is 16.1. The van der Waals surface area contributed by atoms with Gasteiger partial charge in [-0.2, -0.15) is 5.26 Å². The normalized spacial score (nSPS) is 10.7. The van der Waals surface area contributed by atoms with Gasteiger partial charge in [0.1, 0.15) is 17.2 Å². The number of aromatic nitrogens is 2. The SMILES string of the molecule is N#Cc1ccc(-c2nc3cc(C(=O)NCc4cccc(CN)c4)ccn3c2NCc2ccccc2)cc1. The Bertz CT molecular complexity index is 1580. The molecular formula is C30H26N6O. The smallest absolute Gasteiger partial charge is 0.251 e. The lowest BCUT2D eigenvalue weighted by molar-refractivity contribution is 0.0951. The van der Waals surface area contributed by atoms with Crippen molar-refractivity contribution in [3.05, 3.63) is 125 Å². The zero-order valence-corrected chi connectivity index (χ0v) is 20.2. The fraction of sp³-hybridized carbons (Fsp3) is 0.100. The van der Waals surface area contributed by atoms with Crippen molar-refractivity contribution in [2.75, 3.05) is 5.32 Å². The highest BCUT2D eigenvalue weighted by Crippen LogP contribution is 2.30. The second kappa shape index (κ2) is 10.8. The summed E-state index contributed by atoms with van der Waals surface area (Å²) in [6.45, 7) is 1.48. The van der Waals surface area contributed by atoms with Crippen LogP contribution in [0.3, 0.4) is 0 Å². The summed E-state index contributed by atoms with van der Waals surface area (Å²) in [5, 5.41) is 15.7. The van der Waals surface area contributed by atoms with Crippen molar-refractivity contribution in [2.45, 2.75) is 19.6 Å². The number of imidazole rings is 1. The van der Waals surface area contributed by atoms with Gasteiger partial charge < -0.3 is 16.4 Å². The van der Waals surface area contributed by atoms with Crippen LogP contribution in [0.1, 0.15) is 32.6 Å². The van der Waals surface area contributed by atoms with Crippen molar-refractivity contribution in [3.63, 3.8) is 0 Å². The van der Waals surface area contributed by atoms with Crippen LogP contribution in [0.2, 0.25) is 0 Å². The summed E-state index contributed by atoms with van der Waals surface area (Å²) in [7, 11) is 0. The van der Waals surface area contributed by atoms with Crippen molar-refractivity contribution in [1.82, 2.24) is 14.7 Å². The molecule has 0 radical (unpaired) electrons. The van der Waals surface area contributed by atoms with Gasteiger partial charge in [-0.25, -0.2) is 4.98 Å². The number of rotatable bonds is 8. The topological polar surface area (TPSA) is 108 Å². The lowest BCUT2D eigenvalue weighted by Crippen LogP contribution is -2.23. The van der Waals surface area contributed by atoms with Crippen LogP contribution in [0.15, 0.2) is 97.2 Å². The van der Waals surface area contributed by atoms with Gasteiger partial charge in [0.25, 0.3) is 5.91 Å². The molecule has 0 saturated carbocycles. The first kappa shape index (κ1) is 23.8. The standard InChI is InChI=1S/C30H26N6O/c31-17-21-9-11-25(12-10-21)28-29(33-19-22-5-2-1-3-6-22)36-14-13-26(16-27(36)35-28)30(37)34-20-24-8-4-7-23(15-24)18-32/h1-16,33H,18-20,32H2,(H,34,37). The molecule has 7 nitrogen and oxygen atoms in total. The number of anilines is 1. The molecule has 7 heteroatoms. The number of pyridine rings is 1. The molecule has 2 aromatic heterocycles. The summed E-state index contributed by atoms with van der Waals surface area (Å²) in [6.07, 6.45) is 1.85. The van der Waals surface area contributed by atoms with Gasteiger partial charge in [0.2, 0.25) is 0 Å². The molecule has 0 aliphatic heterocycles. The molecule has 0 aliphatic rings. The first-order chi connectivity index (χ1) is 18.1. The summed E-state index contributed by atoms with van der Waals surface area (Å²) in [5.74, 6) is 0.636. The Balaban J connectivity index is 1.44. The molecule has 2 heterocycles. The van der Waals surface area contributed by atoms with Gasteiger partial charge in [-0.05, 0) is 41.0 Å². The predicted octanol–water partition coefficient (Wildman–Crippen LogP) is 4.87. The van der Waals surface area contributed by atoms with Crippen LogP contribution in [0.4, 0.5) is 5.82 Å². The largest absolute Gasteiger partial charge is 0.365 e. The maximum Gasteiger partial charge on any atom is 0.251 e. The Hall–Kier alpha value is -4.93. The number of carbonyl (C=O) groups is 1. The summed E-state index contributed by atoms with van der Waals surface area (Å²) < 4.78 is 1.94. The number of benzene rings is 3. The van der Waals surface area contributed by atoms with Crippen molar-refractivity contribution in [2.24, 2.45) is 5.73 Å². The molecule has 0 fully saturated rings. The number of nitrogens with two attached hydrogens (primary N) is 1. The number of hydrogen-bond acceptors (Lipinski definition) is 5. The van der Waals surface area contributed by atoms with Gasteiger partial charge in [0.15, 0.2) is 0 Å². The number of nitrogens with one attached hydrogen (secondary N) is 2. The third-order valence-electron chi connectivity index (χ3n) is 6.16. The number of nitrogens with zero attached hydrogens (tertiary/aromatic N) is 3. The molecule has 5 aromatic rings. The van der Waals surface area contributed by atoms with Crippen molar-refractivity contribution in [3.8, 4) is 17.3 Å². The monoisotopic (exact) mass is 486 g/mol. The van der Waals surface area contributed by atoms with Crippen molar-refractivity contribution >= 4 is 17.4 Å². The molecule has 0 saturated heterocycles. The maximum atomic E-state index is 12.9. The van der Waals surface area contributed by atoms with Crippen LogP contribution >= 0.6 is 0 Å². The zero-order chi connectivity index (χ0) is 25.6. The minimum absolute atomic E-state index is 0.178. The van der Waals surface area contributed by atoms with Gasteiger partial charge in [-0.15, -0.1) is 0 Å². The molecule has 0 bridgehead atoms. The van der Waals surface area contributed by atoms with E-state index in [1.807, 2.05) is 65.2 Å². The molecule has 3 aromatic carbocycles. The highest BCUT2D eigenvalue weighted by molar-refractivity contribution is 5.95. The van der Waals surface area contributed by atoms with Gasteiger partial charge in [0.05, 0.1) is 11.6 Å². The Labute approximate surface area is 215 Å². The predicted molar refractivity (Wildman–Crippen MR) is 145 cm³/mol. The average molecular weight is 487 g/mol. The second-order valence-corrected chi connectivity index (χ2v) is 8.69. The fourth-order valence-corrected chi connectivity index (χ4v) is 4.19. The Kier molecular flexibility index (Phi) is 6.93. The van der Waals surface area contributed by atoms with Crippen LogP contribution in [-0.4, -0.2) is 15.3 Å². The molecular weight excluding hydrogens is 460 g/mol. The summed E-state index contributed by atoms with van der Waals surface area (Å²) in [4.78, 5) is 17.8. The van der Waals surface area contributed by atoms with E-state index in [1.54, 1.807) is 24.3 Å². The third kappa shape index (κ3) is 5.35. The molecule has 1 amide bonds. The van der Waals surface area contributed by atoms with Crippen LogP contribution in [0, 0.1) is 11.3 Å². The van der Waals surface area contributed by atoms with E-state index in [4.69, 9.17) is 10.7 Å².